The van der Waals surface area contributed by atoms with Crippen LogP contribution in [0.25, 0.3) is 0 Å². The molecule has 0 N–H and O–H groups in total. The highest BCUT2D eigenvalue weighted by molar-refractivity contribution is 5.97. The normalized spacial score (nSPS) is 26.4. The molecule has 0 radical (unpaired) electrons. The fourth-order valence-corrected chi connectivity index (χ4v) is 2.99. The second-order valence-corrected chi connectivity index (χ2v) is 4.69. The minimum absolute atomic E-state index is 0.0503. The van der Waals surface area contributed by atoms with Gasteiger partial charge in [0.25, 0.3) is 0 Å². The summed E-state index contributed by atoms with van der Waals surface area (Å²) in [5, 5.41) is 0. The van der Waals surface area contributed by atoms with Gasteiger partial charge in [-0.05, 0) is 18.6 Å². The molecule has 0 unspecified atom stereocenters. The van der Waals surface area contributed by atoms with Gasteiger partial charge in [0.2, 0.25) is 0 Å². The molecule has 0 bridgehead atoms. The van der Waals surface area contributed by atoms with E-state index in [1.54, 1.807) is 11.8 Å². The van der Waals surface area contributed by atoms with Gasteiger partial charge < -0.3 is 9.47 Å². The predicted molar refractivity (Wildman–Crippen MR) is 68.0 cm³/mol. The van der Waals surface area contributed by atoms with Crippen LogP contribution in [0.2, 0.25) is 0 Å². The third-order valence-electron chi connectivity index (χ3n) is 3.77. The van der Waals surface area contributed by atoms with Gasteiger partial charge in [0.05, 0.1) is 31.4 Å². The number of esters is 1. The average Bonchev–Trinajstić information content (AvgIpc) is 3.06. The van der Waals surface area contributed by atoms with Crippen LogP contribution in [0.1, 0.15) is 18.4 Å². The van der Waals surface area contributed by atoms with Gasteiger partial charge in [-0.3, -0.25) is 9.69 Å². The van der Waals surface area contributed by atoms with Crippen LogP contribution in [-0.2, 0) is 14.3 Å². The van der Waals surface area contributed by atoms with Crippen molar-refractivity contribution in [1.29, 1.82) is 0 Å². The number of amides is 1. The lowest BCUT2D eigenvalue weighted by molar-refractivity contribution is -0.144. The zero-order valence-corrected chi connectivity index (χ0v) is 10.8. The summed E-state index contributed by atoms with van der Waals surface area (Å²) in [6.45, 7) is 2.14. The molecule has 100 valence electrons. The summed E-state index contributed by atoms with van der Waals surface area (Å²) in [7, 11) is 1.35. The molecule has 1 heterocycles. The first-order valence-corrected chi connectivity index (χ1v) is 6.33. The van der Waals surface area contributed by atoms with Crippen LogP contribution in [0.5, 0.6) is 0 Å². The Morgan fingerprint density at radius 1 is 1.32 bits per heavy atom. The molecule has 1 aliphatic carbocycles. The summed E-state index contributed by atoms with van der Waals surface area (Å²) in [5.41, 5.74) is 1.86. The zero-order valence-electron chi connectivity index (χ0n) is 10.8. The second-order valence-electron chi connectivity index (χ2n) is 4.69. The van der Waals surface area contributed by atoms with Gasteiger partial charge in [-0.25, -0.2) is 4.79 Å². The van der Waals surface area contributed by atoms with E-state index < -0.39 is 6.09 Å². The number of rotatable bonds is 2. The molecule has 1 amide bonds. The van der Waals surface area contributed by atoms with E-state index in [-0.39, 0.29) is 23.8 Å². The quantitative estimate of drug-likeness (QED) is 0.763. The monoisotopic (exact) mass is 261 g/mol. The van der Waals surface area contributed by atoms with Gasteiger partial charge in [0.15, 0.2) is 0 Å². The van der Waals surface area contributed by atoms with Gasteiger partial charge in [0.1, 0.15) is 0 Å². The van der Waals surface area contributed by atoms with E-state index in [9.17, 15) is 9.59 Å². The number of methoxy groups -OCH3 is 1. The van der Waals surface area contributed by atoms with Crippen LogP contribution in [0.4, 0.5) is 10.5 Å². The predicted octanol–water partition coefficient (Wildman–Crippen LogP) is 1.92. The van der Waals surface area contributed by atoms with Crippen molar-refractivity contribution in [2.24, 2.45) is 5.92 Å². The molecule has 2 aliphatic rings. The van der Waals surface area contributed by atoms with Gasteiger partial charge in [-0.15, -0.1) is 0 Å². The van der Waals surface area contributed by atoms with E-state index in [1.165, 1.54) is 7.11 Å². The number of carbonyl (C=O) groups is 2. The highest BCUT2D eigenvalue weighted by Gasteiger charge is 2.66. The lowest BCUT2D eigenvalue weighted by Crippen LogP contribution is -2.34. The molecule has 1 aliphatic heterocycles. The Morgan fingerprint density at radius 3 is 2.74 bits per heavy atom. The van der Waals surface area contributed by atoms with E-state index in [2.05, 4.69) is 0 Å². The molecule has 0 saturated heterocycles. The van der Waals surface area contributed by atoms with Gasteiger partial charge in [-0.1, -0.05) is 18.2 Å². The fourth-order valence-electron chi connectivity index (χ4n) is 2.99. The Bertz CT molecular complexity index is 542. The molecule has 0 aromatic heterocycles. The van der Waals surface area contributed by atoms with Crippen molar-refractivity contribution in [1.82, 2.24) is 0 Å². The van der Waals surface area contributed by atoms with Crippen LogP contribution in [0.3, 0.4) is 0 Å². The fraction of sp³-hybridized carbons (Fsp3) is 0.429. The van der Waals surface area contributed by atoms with Crippen molar-refractivity contribution in [2.45, 2.75) is 18.9 Å². The number of nitrogens with zero attached hydrogens (tertiary/aromatic N) is 1. The SMILES string of the molecule is CCOC(=O)[C@H]1[C@H]2c3ccccc3N(C(=O)OC)[C@@H]12. The van der Waals surface area contributed by atoms with E-state index in [0.717, 1.165) is 11.3 Å². The summed E-state index contributed by atoms with van der Waals surface area (Å²) in [5.74, 6) is -0.441. The van der Waals surface area contributed by atoms with Crippen LogP contribution in [0, 0.1) is 5.92 Å². The third kappa shape index (κ3) is 1.61. The number of carbonyl (C=O) groups excluding carboxylic acids is 2. The van der Waals surface area contributed by atoms with Crippen molar-refractivity contribution in [2.75, 3.05) is 18.6 Å². The number of fused-ring (bicyclic) bond motifs is 3. The van der Waals surface area contributed by atoms with Crippen molar-refractivity contribution < 1.29 is 19.1 Å². The van der Waals surface area contributed by atoms with E-state index >= 15 is 0 Å². The molecule has 19 heavy (non-hydrogen) atoms. The molecule has 5 nitrogen and oxygen atoms in total. The van der Waals surface area contributed by atoms with Crippen LogP contribution in [0.15, 0.2) is 24.3 Å². The number of anilines is 1. The number of benzene rings is 1. The van der Waals surface area contributed by atoms with Crippen LogP contribution < -0.4 is 4.90 Å². The smallest absolute Gasteiger partial charge is 0.414 e. The lowest BCUT2D eigenvalue weighted by atomic mass is 10.1. The summed E-state index contributed by atoms with van der Waals surface area (Å²) < 4.78 is 9.87. The Labute approximate surface area is 111 Å². The van der Waals surface area contributed by atoms with E-state index in [1.807, 2.05) is 24.3 Å². The molecule has 3 atom stereocenters. The summed E-state index contributed by atoms with van der Waals surface area (Å²) in [4.78, 5) is 25.3. The molecule has 1 saturated carbocycles. The number of para-hydroxylation sites is 1. The summed E-state index contributed by atoms with van der Waals surface area (Å²) in [6.07, 6.45) is -0.424. The lowest BCUT2D eigenvalue weighted by Gasteiger charge is -2.20. The van der Waals surface area contributed by atoms with Crippen LogP contribution in [-0.4, -0.2) is 31.8 Å². The summed E-state index contributed by atoms with van der Waals surface area (Å²) >= 11 is 0. The van der Waals surface area contributed by atoms with Crippen molar-refractivity contribution >= 4 is 17.7 Å². The zero-order chi connectivity index (χ0) is 13.6. The highest BCUT2D eigenvalue weighted by Crippen LogP contribution is 2.60. The number of ether oxygens (including phenoxy) is 2. The maximum absolute atomic E-state index is 11.9. The first-order chi connectivity index (χ1) is 9.20. The minimum atomic E-state index is -0.424. The van der Waals surface area contributed by atoms with Crippen molar-refractivity contribution in [3.63, 3.8) is 0 Å². The Hall–Kier alpha value is -2.04. The molecule has 1 aromatic carbocycles. The molecular formula is C14H15NO4. The maximum atomic E-state index is 11.9. The van der Waals surface area contributed by atoms with E-state index in [4.69, 9.17) is 9.47 Å². The highest BCUT2D eigenvalue weighted by atomic mass is 16.5. The average molecular weight is 261 g/mol. The third-order valence-corrected chi connectivity index (χ3v) is 3.77. The standard InChI is InChI=1S/C14H15NO4/c1-3-19-13(16)11-10-8-6-4-5-7-9(8)15(12(10)11)14(17)18-2/h4-7,10-12H,3H2,1-2H3/t10-,11+,12-/m1/s1. The molecular weight excluding hydrogens is 246 g/mol. The Balaban J connectivity index is 1.94. The molecule has 0 spiro atoms. The summed E-state index contributed by atoms with van der Waals surface area (Å²) in [6, 6.07) is 7.47. The first-order valence-electron chi connectivity index (χ1n) is 6.33. The Morgan fingerprint density at radius 2 is 2.05 bits per heavy atom. The van der Waals surface area contributed by atoms with Crippen molar-refractivity contribution in [3.05, 3.63) is 29.8 Å². The molecule has 1 fully saturated rings. The minimum Gasteiger partial charge on any atom is -0.466 e. The molecule has 1 aromatic rings. The number of hydrogen-bond donors (Lipinski definition) is 0. The largest absolute Gasteiger partial charge is 0.466 e. The van der Waals surface area contributed by atoms with Crippen LogP contribution >= 0.6 is 0 Å². The second kappa shape index (κ2) is 4.26. The van der Waals surface area contributed by atoms with Crippen molar-refractivity contribution in [3.8, 4) is 0 Å². The maximum Gasteiger partial charge on any atom is 0.414 e. The van der Waals surface area contributed by atoms with E-state index in [0.29, 0.717) is 6.61 Å². The topological polar surface area (TPSA) is 55.8 Å². The van der Waals surface area contributed by atoms with Gasteiger partial charge >= 0.3 is 12.1 Å². The van der Waals surface area contributed by atoms with Gasteiger partial charge in [0, 0.05) is 5.92 Å². The first kappa shape index (κ1) is 12.0. The Kier molecular flexibility index (Phi) is 2.69. The van der Waals surface area contributed by atoms with Gasteiger partial charge in [-0.2, -0.15) is 0 Å². The molecule has 3 rings (SSSR count). The number of hydrogen-bond acceptors (Lipinski definition) is 4. The molecule has 5 heteroatoms.